The molecule has 7 nitrogen and oxygen atoms in total. The molecular weight excluding hydrogens is 412 g/mol. The molecule has 0 aliphatic carbocycles. The number of carbonyl (C=O) groups excluding carboxylic acids is 1. The molecule has 0 spiro atoms. The first-order valence-electron chi connectivity index (χ1n) is 9.36. The number of thiophene rings is 1. The largest absolute Gasteiger partial charge is 0.497 e. The summed E-state index contributed by atoms with van der Waals surface area (Å²) in [4.78, 5) is 25.7. The number of hydrogen-bond donors (Lipinski definition) is 0. The van der Waals surface area contributed by atoms with Crippen LogP contribution in [0.25, 0.3) is 21.3 Å². The van der Waals surface area contributed by atoms with Crippen LogP contribution >= 0.6 is 22.9 Å². The van der Waals surface area contributed by atoms with Crippen LogP contribution in [-0.4, -0.2) is 60.9 Å². The molecule has 3 heterocycles. The molecule has 1 fully saturated rings. The molecule has 2 aromatic heterocycles. The predicted octanol–water partition coefficient (Wildman–Crippen LogP) is 4.30. The van der Waals surface area contributed by atoms with Gasteiger partial charge in [0.1, 0.15) is 16.4 Å². The number of anilines is 1. The lowest BCUT2D eigenvalue weighted by Gasteiger charge is -2.35. The van der Waals surface area contributed by atoms with Gasteiger partial charge in [0.15, 0.2) is 0 Å². The van der Waals surface area contributed by atoms with Gasteiger partial charge in [0.05, 0.1) is 19.1 Å². The first kappa shape index (κ1) is 19.7. The Morgan fingerprint density at radius 1 is 1.17 bits per heavy atom. The number of amides is 1. The van der Waals surface area contributed by atoms with Crippen LogP contribution in [0.1, 0.15) is 6.92 Å². The van der Waals surface area contributed by atoms with Crippen LogP contribution in [0.2, 0.25) is 5.28 Å². The van der Waals surface area contributed by atoms with Crippen molar-refractivity contribution in [1.82, 2.24) is 14.9 Å². The predicted molar refractivity (Wildman–Crippen MR) is 115 cm³/mol. The topological polar surface area (TPSA) is 67.8 Å². The van der Waals surface area contributed by atoms with Crippen molar-refractivity contribution in [3.8, 4) is 16.9 Å². The second-order valence-electron chi connectivity index (χ2n) is 6.55. The number of carbonyl (C=O) groups is 1. The molecule has 3 aromatic rings. The standard InChI is InChI=1S/C20H21ClN4O3S/c1-3-28-20(26)25-10-8-24(9-11-25)17-16-15(12-29-18(16)23-19(21)22-17)13-4-6-14(27-2)7-5-13/h4-7,12H,3,8-11H2,1-2H3. The molecule has 1 aromatic carbocycles. The van der Waals surface area contributed by atoms with Crippen LogP contribution in [0.5, 0.6) is 5.75 Å². The minimum absolute atomic E-state index is 0.225. The first-order chi connectivity index (χ1) is 14.1. The highest BCUT2D eigenvalue weighted by Crippen LogP contribution is 2.39. The monoisotopic (exact) mass is 432 g/mol. The van der Waals surface area contributed by atoms with Gasteiger partial charge in [-0.05, 0) is 36.2 Å². The summed E-state index contributed by atoms with van der Waals surface area (Å²) < 4.78 is 10.4. The summed E-state index contributed by atoms with van der Waals surface area (Å²) in [7, 11) is 1.65. The Morgan fingerprint density at radius 2 is 1.90 bits per heavy atom. The van der Waals surface area contributed by atoms with Crippen molar-refractivity contribution >= 4 is 45.1 Å². The third-order valence-electron chi connectivity index (χ3n) is 4.89. The summed E-state index contributed by atoms with van der Waals surface area (Å²) >= 11 is 7.76. The molecule has 0 bridgehead atoms. The van der Waals surface area contributed by atoms with Gasteiger partial charge in [-0.1, -0.05) is 12.1 Å². The second-order valence-corrected chi connectivity index (χ2v) is 7.74. The average molecular weight is 433 g/mol. The molecule has 4 rings (SSSR count). The van der Waals surface area contributed by atoms with Crippen molar-refractivity contribution < 1.29 is 14.3 Å². The molecule has 1 saturated heterocycles. The summed E-state index contributed by atoms with van der Waals surface area (Å²) in [5, 5.41) is 3.29. The fraction of sp³-hybridized carbons (Fsp3) is 0.350. The lowest BCUT2D eigenvalue weighted by atomic mass is 10.1. The number of methoxy groups -OCH3 is 1. The number of rotatable bonds is 4. The Morgan fingerprint density at radius 3 is 2.55 bits per heavy atom. The summed E-state index contributed by atoms with van der Waals surface area (Å²) in [5.41, 5.74) is 2.13. The SMILES string of the molecule is CCOC(=O)N1CCN(c2nc(Cl)nc3scc(-c4ccc(OC)cc4)c23)CC1. The zero-order chi connectivity index (χ0) is 20.4. The maximum atomic E-state index is 12.0. The maximum Gasteiger partial charge on any atom is 0.409 e. The number of benzene rings is 1. The molecule has 0 N–H and O–H groups in total. The summed E-state index contributed by atoms with van der Waals surface area (Å²) in [6.45, 7) is 4.64. The molecule has 1 aliphatic heterocycles. The van der Waals surface area contributed by atoms with E-state index in [1.807, 2.05) is 31.2 Å². The van der Waals surface area contributed by atoms with Crippen molar-refractivity contribution in [2.75, 3.05) is 44.8 Å². The van der Waals surface area contributed by atoms with Gasteiger partial charge < -0.3 is 19.3 Å². The number of piperazine rings is 1. The highest BCUT2D eigenvalue weighted by Gasteiger charge is 2.26. The van der Waals surface area contributed by atoms with Gasteiger partial charge in [0.25, 0.3) is 0 Å². The van der Waals surface area contributed by atoms with E-state index in [4.69, 9.17) is 21.1 Å². The molecule has 29 heavy (non-hydrogen) atoms. The number of fused-ring (bicyclic) bond motifs is 1. The van der Waals surface area contributed by atoms with E-state index in [-0.39, 0.29) is 11.4 Å². The van der Waals surface area contributed by atoms with Crippen LogP contribution in [0, 0.1) is 0 Å². The van der Waals surface area contributed by atoms with Gasteiger partial charge in [0, 0.05) is 37.1 Å². The van der Waals surface area contributed by atoms with E-state index in [9.17, 15) is 4.79 Å². The van der Waals surface area contributed by atoms with E-state index < -0.39 is 0 Å². The van der Waals surface area contributed by atoms with E-state index >= 15 is 0 Å². The summed E-state index contributed by atoms with van der Waals surface area (Å²) in [6, 6.07) is 7.93. The molecule has 9 heteroatoms. The Labute approximate surface area is 177 Å². The molecule has 0 saturated carbocycles. The number of hydrogen-bond acceptors (Lipinski definition) is 7. The van der Waals surface area contributed by atoms with E-state index in [1.54, 1.807) is 23.3 Å². The molecule has 0 unspecified atom stereocenters. The summed E-state index contributed by atoms with van der Waals surface area (Å²) in [6.07, 6.45) is -0.271. The quantitative estimate of drug-likeness (QED) is 0.572. The second kappa shape index (κ2) is 8.42. The Balaban J connectivity index is 1.67. The van der Waals surface area contributed by atoms with E-state index in [2.05, 4.69) is 20.2 Å². The number of nitrogens with zero attached hydrogens (tertiary/aromatic N) is 4. The van der Waals surface area contributed by atoms with Crippen molar-refractivity contribution in [1.29, 1.82) is 0 Å². The molecular formula is C20H21ClN4O3S. The van der Waals surface area contributed by atoms with Crippen molar-refractivity contribution in [2.45, 2.75) is 6.92 Å². The Hall–Kier alpha value is -2.58. The summed E-state index contributed by atoms with van der Waals surface area (Å²) in [5.74, 6) is 1.61. The lowest BCUT2D eigenvalue weighted by molar-refractivity contribution is 0.105. The van der Waals surface area contributed by atoms with E-state index in [0.29, 0.717) is 32.8 Å². The van der Waals surface area contributed by atoms with Crippen molar-refractivity contribution in [3.05, 3.63) is 34.9 Å². The number of halogens is 1. The van der Waals surface area contributed by atoms with Crippen molar-refractivity contribution in [3.63, 3.8) is 0 Å². The number of ether oxygens (including phenoxy) is 2. The molecule has 1 aliphatic rings. The average Bonchev–Trinajstić information content (AvgIpc) is 3.17. The third kappa shape index (κ3) is 3.95. The minimum Gasteiger partial charge on any atom is -0.497 e. The number of aromatic nitrogens is 2. The van der Waals surface area contributed by atoms with Gasteiger partial charge in [0.2, 0.25) is 5.28 Å². The Kier molecular flexibility index (Phi) is 5.73. The van der Waals surface area contributed by atoms with Gasteiger partial charge in [-0.2, -0.15) is 4.98 Å². The van der Waals surface area contributed by atoms with Crippen LogP contribution < -0.4 is 9.64 Å². The lowest BCUT2D eigenvalue weighted by Crippen LogP contribution is -2.49. The minimum atomic E-state index is -0.271. The fourth-order valence-corrected chi connectivity index (χ4v) is 4.58. The molecule has 0 radical (unpaired) electrons. The zero-order valence-electron chi connectivity index (χ0n) is 16.2. The van der Waals surface area contributed by atoms with Crippen LogP contribution in [0.15, 0.2) is 29.6 Å². The van der Waals surface area contributed by atoms with Gasteiger partial charge in [-0.25, -0.2) is 9.78 Å². The van der Waals surface area contributed by atoms with E-state index in [1.165, 1.54) is 0 Å². The van der Waals surface area contributed by atoms with Crippen molar-refractivity contribution in [2.24, 2.45) is 0 Å². The Bertz CT molecular complexity index is 1020. The zero-order valence-corrected chi connectivity index (χ0v) is 17.8. The first-order valence-corrected chi connectivity index (χ1v) is 10.6. The fourth-order valence-electron chi connectivity index (χ4n) is 3.43. The molecule has 1 amide bonds. The third-order valence-corrected chi connectivity index (χ3v) is 5.93. The smallest absolute Gasteiger partial charge is 0.409 e. The van der Waals surface area contributed by atoms with Gasteiger partial charge in [-0.3, -0.25) is 0 Å². The highest BCUT2D eigenvalue weighted by molar-refractivity contribution is 7.17. The van der Waals surface area contributed by atoms with Crippen LogP contribution in [0.3, 0.4) is 0 Å². The molecule has 0 atom stereocenters. The normalized spacial score (nSPS) is 14.3. The van der Waals surface area contributed by atoms with E-state index in [0.717, 1.165) is 32.9 Å². The highest BCUT2D eigenvalue weighted by atomic mass is 35.5. The maximum absolute atomic E-state index is 12.0. The van der Waals surface area contributed by atoms with Gasteiger partial charge >= 0.3 is 6.09 Å². The van der Waals surface area contributed by atoms with Crippen LogP contribution in [0.4, 0.5) is 10.6 Å². The van der Waals surface area contributed by atoms with Gasteiger partial charge in [-0.15, -0.1) is 11.3 Å². The van der Waals surface area contributed by atoms with Crippen LogP contribution in [-0.2, 0) is 4.74 Å². The molecule has 152 valence electrons.